The third kappa shape index (κ3) is 39.8. The van der Waals surface area contributed by atoms with Crippen LogP contribution in [0.2, 0.25) is 0 Å². The molecule has 0 rings (SSSR count). The van der Waals surface area contributed by atoms with Crippen molar-refractivity contribution in [2.45, 2.75) is 151 Å². The van der Waals surface area contributed by atoms with Crippen LogP contribution in [0, 0.1) is 0 Å². The molecule has 252 valence electrons. The van der Waals surface area contributed by atoms with E-state index in [4.69, 9.17) is 17.2 Å². The molecule has 6 N–H and O–H groups in total. The Hall–Kier alpha value is -0.240. The Balaban J connectivity index is -0.000000543. The Labute approximate surface area is 260 Å². The van der Waals surface area contributed by atoms with Crippen LogP contribution in [-0.2, 0) is 0 Å². The first-order chi connectivity index (χ1) is 20.0. The molecule has 0 unspecified atom stereocenters. The summed E-state index contributed by atoms with van der Waals surface area (Å²) in [5.74, 6) is 0. The molecule has 0 fully saturated rings. The molecule has 0 spiro atoms. The molecule has 0 saturated carbocycles. The zero-order valence-corrected chi connectivity index (χ0v) is 29.6. The summed E-state index contributed by atoms with van der Waals surface area (Å²) < 4.78 is 0. The zero-order chi connectivity index (χ0) is 31.2. The minimum Gasteiger partial charge on any atom is -0.330 e. The summed E-state index contributed by atoms with van der Waals surface area (Å²) in [4.78, 5) is 7.67. The Morgan fingerprint density at radius 1 is 0.268 bits per heavy atom. The molecular formula is C35H82N6. The van der Waals surface area contributed by atoms with Gasteiger partial charge in [0.1, 0.15) is 0 Å². The summed E-state index contributed by atoms with van der Waals surface area (Å²) in [6.07, 6.45) is 22.2. The van der Waals surface area contributed by atoms with Crippen molar-refractivity contribution < 1.29 is 0 Å². The van der Waals surface area contributed by atoms with Gasteiger partial charge < -0.3 is 31.9 Å². The van der Waals surface area contributed by atoms with Crippen molar-refractivity contribution in [3.05, 3.63) is 0 Å². The predicted octanol–water partition coefficient (Wildman–Crippen LogP) is 7.49. The average Bonchev–Trinajstić information content (AvgIpc) is 2.99. The van der Waals surface area contributed by atoms with E-state index in [9.17, 15) is 0 Å². The molecule has 0 aromatic carbocycles. The summed E-state index contributed by atoms with van der Waals surface area (Å²) in [5, 5.41) is 0. The fourth-order valence-corrected chi connectivity index (χ4v) is 4.87. The van der Waals surface area contributed by atoms with Crippen molar-refractivity contribution in [3.8, 4) is 0 Å². The monoisotopic (exact) mass is 587 g/mol. The number of nitrogens with zero attached hydrogens (tertiary/aromatic N) is 3. The molecule has 0 aliphatic rings. The highest BCUT2D eigenvalue weighted by Gasteiger charge is 2.04. The van der Waals surface area contributed by atoms with Gasteiger partial charge in [-0.15, -0.1) is 0 Å². The molecule has 0 bridgehead atoms. The molecule has 0 amide bonds. The van der Waals surface area contributed by atoms with Crippen LogP contribution < -0.4 is 17.2 Å². The van der Waals surface area contributed by atoms with Gasteiger partial charge in [-0.05, 0) is 136 Å². The lowest BCUT2D eigenvalue weighted by Gasteiger charge is -2.22. The number of nitrogens with two attached hydrogens (primary N) is 3. The van der Waals surface area contributed by atoms with Crippen LogP contribution in [0.1, 0.15) is 151 Å². The summed E-state index contributed by atoms with van der Waals surface area (Å²) in [6, 6.07) is 0. The molecule has 6 nitrogen and oxygen atoms in total. The molecule has 0 aromatic heterocycles. The minimum atomic E-state index is 0.823. The molecule has 41 heavy (non-hydrogen) atoms. The van der Waals surface area contributed by atoms with Crippen LogP contribution in [0.15, 0.2) is 0 Å². The maximum absolute atomic E-state index is 5.60. The third-order valence-electron chi connectivity index (χ3n) is 7.43. The van der Waals surface area contributed by atoms with Gasteiger partial charge in [-0.25, -0.2) is 0 Å². The molecule has 0 atom stereocenters. The van der Waals surface area contributed by atoms with E-state index in [-0.39, 0.29) is 0 Å². The van der Waals surface area contributed by atoms with Crippen molar-refractivity contribution in [3.63, 3.8) is 0 Å². The minimum absolute atomic E-state index is 0.823. The van der Waals surface area contributed by atoms with Crippen molar-refractivity contribution in [2.75, 3.05) is 78.5 Å². The van der Waals surface area contributed by atoms with Crippen molar-refractivity contribution in [2.24, 2.45) is 17.2 Å². The summed E-state index contributed by atoms with van der Waals surface area (Å²) in [7, 11) is 0. The van der Waals surface area contributed by atoms with E-state index in [0.29, 0.717) is 0 Å². The van der Waals surface area contributed by atoms with E-state index >= 15 is 0 Å². The van der Waals surface area contributed by atoms with E-state index in [1.165, 1.54) is 149 Å². The van der Waals surface area contributed by atoms with Gasteiger partial charge in [0, 0.05) is 0 Å². The summed E-state index contributed by atoms with van der Waals surface area (Å²) >= 11 is 0. The smallest absolute Gasteiger partial charge is 0.000672 e. The van der Waals surface area contributed by atoms with Gasteiger partial charge in [-0.2, -0.15) is 0 Å². The first-order valence-electron chi connectivity index (χ1n) is 18.3. The topological polar surface area (TPSA) is 87.8 Å². The van der Waals surface area contributed by atoms with E-state index in [1.54, 1.807) is 0 Å². The highest BCUT2D eigenvalue weighted by atomic mass is 15.1. The number of hydrogen-bond acceptors (Lipinski definition) is 6. The second-order valence-corrected chi connectivity index (χ2v) is 11.8. The van der Waals surface area contributed by atoms with Crippen molar-refractivity contribution >= 4 is 0 Å². The van der Waals surface area contributed by atoms with Gasteiger partial charge >= 0.3 is 0 Å². The lowest BCUT2D eigenvalue weighted by Crippen LogP contribution is -2.28. The zero-order valence-electron chi connectivity index (χ0n) is 29.6. The molecule has 0 aromatic rings. The number of hydrogen-bond donors (Lipinski definition) is 3. The Morgan fingerprint density at radius 2 is 0.537 bits per heavy atom. The molecule has 0 radical (unpaired) electrons. The lowest BCUT2D eigenvalue weighted by atomic mass is 10.1. The van der Waals surface area contributed by atoms with Gasteiger partial charge in [0.25, 0.3) is 0 Å². The Bertz CT molecular complexity index is 386. The predicted molar refractivity (Wildman–Crippen MR) is 189 cm³/mol. The van der Waals surface area contributed by atoms with E-state index in [1.807, 2.05) is 0 Å². The Kier molecular flexibility index (Phi) is 46.2. The van der Waals surface area contributed by atoms with Crippen molar-refractivity contribution in [1.29, 1.82) is 0 Å². The highest BCUT2D eigenvalue weighted by Crippen LogP contribution is 2.06. The second kappa shape index (κ2) is 41.9. The largest absolute Gasteiger partial charge is 0.330 e. The maximum Gasteiger partial charge on any atom is -0.000672 e. The van der Waals surface area contributed by atoms with Gasteiger partial charge in [-0.3, -0.25) is 0 Å². The molecule has 0 aliphatic carbocycles. The fourth-order valence-electron chi connectivity index (χ4n) is 4.87. The molecule has 0 aliphatic heterocycles. The quantitative estimate of drug-likeness (QED) is 0.0787. The third-order valence-corrected chi connectivity index (χ3v) is 7.43. The van der Waals surface area contributed by atoms with Crippen LogP contribution in [-0.4, -0.2) is 93.2 Å². The second-order valence-electron chi connectivity index (χ2n) is 11.8. The highest BCUT2D eigenvalue weighted by molar-refractivity contribution is 4.60. The van der Waals surface area contributed by atoms with Crippen LogP contribution in [0.25, 0.3) is 0 Å². The lowest BCUT2D eigenvalue weighted by molar-refractivity contribution is 0.259. The number of rotatable bonds is 29. The van der Waals surface area contributed by atoms with Gasteiger partial charge in [0.05, 0.1) is 0 Å². The molecule has 0 saturated heterocycles. The molecule has 6 heteroatoms. The van der Waals surface area contributed by atoms with E-state index in [0.717, 1.165) is 38.9 Å². The summed E-state index contributed by atoms with van der Waals surface area (Å²) in [5.41, 5.74) is 16.6. The van der Waals surface area contributed by atoms with E-state index in [2.05, 4.69) is 56.2 Å². The van der Waals surface area contributed by atoms with Crippen molar-refractivity contribution in [1.82, 2.24) is 14.7 Å². The normalized spacial score (nSPS) is 11.1. The van der Waals surface area contributed by atoms with Gasteiger partial charge in [0.15, 0.2) is 0 Å². The first kappa shape index (κ1) is 45.2. The van der Waals surface area contributed by atoms with Crippen LogP contribution in [0.5, 0.6) is 0 Å². The number of unbranched alkanes of at least 4 members (excludes halogenated alkanes) is 8. The Morgan fingerprint density at radius 3 is 0.805 bits per heavy atom. The first-order valence-corrected chi connectivity index (χ1v) is 18.3. The van der Waals surface area contributed by atoms with Gasteiger partial charge in [-0.1, -0.05) is 92.9 Å². The summed E-state index contributed by atoms with van der Waals surface area (Å²) in [6.45, 7) is 27.1. The average molecular weight is 587 g/mol. The fraction of sp³-hybridized carbons (Fsp3) is 1.00. The van der Waals surface area contributed by atoms with Crippen LogP contribution in [0.3, 0.4) is 0 Å². The van der Waals surface area contributed by atoms with Crippen LogP contribution in [0.4, 0.5) is 0 Å². The molecule has 0 heterocycles. The van der Waals surface area contributed by atoms with Crippen LogP contribution >= 0.6 is 0 Å². The molecular weight excluding hydrogens is 504 g/mol. The van der Waals surface area contributed by atoms with Gasteiger partial charge in [0.2, 0.25) is 0 Å². The standard InChI is InChI=1S/C15H34N2.C11H26N2.C9H22N2/c1-3-5-7-9-13-17(15-11-12-16)14-10-8-6-4-2;1-3-5-9-13(10-6-4-2)11-7-8-12;1-3-7-11(8-4-2)9-5-6-10/h3-16H2,1-2H3;3-12H2,1-2H3;3-10H2,1-2H3. The maximum atomic E-state index is 5.60. The van der Waals surface area contributed by atoms with E-state index < -0.39 is 0 Å². The SMILES string of the molecule is CCCCCCN(CCCN)CCCCCC.CCCCN(CCCC)CCCN.CCCN(CCC)CCCN.